The molecule has 0 radical (unpaired) electrons. The van der Waals surface area contributed by atoms with E-state index < -0.39 is 0 Å². The maximum atomic E-state index is 12.9. The van der Waals surface area contributed by atoms with Gasteiger partial charge in [0.05, 0.1) is 7.11 Å². The molecule has 0 unspecified atom stereocenters. The van der Waals surface area contributed by atoms with Gasteiger partial charge in [-0.3, -0.25) is 4.79 Å². The first-order valence-corrected chi connectivity index (χ1v) is 7.68. The van der Waals surface area contributed by atoms with Crippen molar-refractivity contribution >= 4 is 11.6 Å². The van der Waals surface area contributed by atoms with Gasteiger partial charge in [-0.05, 0) is 30.9 Å². The predicted octanol–water partition coefficient (Wildman–Crippen LogP) is 3.56. The highest BCUT2D eigenvalue weighted by molar-refractivity contribution is 5.95. The highest BCUT2D eigenvalue weighted by Crippen LogP contribution is 2.22. The summed E-state index contributed by atoms with van der Waals surface area (Å²) < 4.78 is 5.21. The van der Waals surface area contributed by atoms with Crippen LogP contribution in [0.5, 0.6) is 5.75 Å². The number of benzene rings is 1. The van der Waals surface area contributed by atoms with Crippen LogP contribution in [0.15, 0.2) is 18.2 Å². The van der Waals surface area contributed by atoms with E-state index in [0.29, 0.717) is 22.9 Å². The molecular formula is C17H28N2O2. The summed E-state index contributed by atoms with van der Waals surface area (Å²) in [4.78, 5) is 14.8. The van der Waals surface area contributed by atoms with Crippen LogP contribution in [0.4, 0.5) is 5.69 Å². The summed E-state index contributed by atoms with van der Waals surface area (Å²) in [5.74, 6) is 1.08. The molecule has 1 amide bonds. The van der Waals surface area contributed by atoms with Crippen molar-refractivity contribution in [3.8, 4) is 5.75 Å². The molecule has 21 heavy (non-hydrogen) atoms. The molecule has 0 aliphatic heterocycles. The van der Waals surface area contributed by atoms with Gasteiger partial charge in [-0.25, -0.2) is 0 Å². The zero-order chi connectivity index (χ0) is 16.0. The van der Waals surface area contributed by atoms with Crippen LogP contribution in [0, 0.1) is 5.92 Å². The molecule has 1 aromatic carbocycles. The first kappa shape index (κ1) is 17.3. The first-order chi connectivity index (χ1) is 9.92. The van der Waals surface area contributed by atoms with Gasteiger partial charge in [0, 0.05) is 29.9 Å². The van der Waals surface area contributed by atoms with Gasteiger partial charge in [-0.15, -0.1) is 0 Å². The smallest absolute Gasteiger partial charge is 0.254 e. The lowest BCUT2D eigenvalue weighted by Gasteiger charge is -2.32. The van der Waals surface area contributed by atoms with E-state index in [-0.39, 0.29) is 11.9 Å². The fourth-order valence-corrected chi connectivity index (χ4v) is 2.55. The number of methoxy groups -OCH3 is 1. The van der Waals surface area contributed by atoms with Gasteiger partial charge in [0.15, 0.2) is 0 Å². The third-order valence-electron chi connectivity index (χ3n) is 3.62. The lowest BCUT2D eigenvalue weighted by atomic mass is 10.0. The molecule has 0 fully saturated rings. The molecule has 118 valence electrons. The molecule has 1 rings (SSSR count). The van der Waals surface area contributed by atoms with Crippen molar-refractivity contribution < 1.29 is 9.53 Å². The molecule has 0 aliphatic rings. The SMILES string of the molecule is CCC(CC)N(CC(C)C)C(=O)c1cc(N)cc(OC)c1. The summed E-state index contributed by atoms with van der Waals surface area (Å²) >= 11 is 0. The first-order valence-electron chi connectivity index (χ1n) is 7.68. The lowest BCUT2D eigenvalue weighted by Crippen LogP contribution is -2.42. The summed E-state index contributed by atoms with van der Waals surface area (Å²) in [5, 5.41) is 0. The maximum absolute atomic E-state index is 12.9. The molecule has 0 saturated heterocycles. The van der Waals surface area contributed by atoms with Crippen LogP contribution in [-0.2, 0) is 0 Å². The lowest BCUT2D eigenvalue weighted by molar-refractivity contribution is 0.0640. The zero-order valence-electron chi connectivity index (χ0n) is 13.8. The molecule has 0 spiro atoms. The predicted molar refractivity (Wildman–Crippen MR) is 87.7 cm³/mol. The molecule has 0 bridgehead atoms. The number of carbonyl (C=O) groups is 1. The second kappa shape index (κ2) is 7.91. The number of nitrogen functional groups attached to an aromatic ring is 1. The number of rotatable bonds is 7. The number of amides is 1. The van der Waals surface area contributed by atoms with Crippen molar-refractivity contribution in [3.63, 3.8) is 0 Å². The molecule has 2 N–H and O–H groups in total. The van der Waals surface area contributed by atoms with E-state index in [9.17, 15) is 4.79 Å². The fourth-order valence-electron chi connectivity index (χ4n) is 2.55. The van der Waals surface area contributed by atoms with Gasteiger partial charge in [0.2, 0.25) is 0 Å². The Bertz CT molecular complexity index is 468. The van der Waals surface area contributed by atoms with Gasteiger partial charge in [-0.2, -0.15) is 0 Å². The Morgan fingerprint density at radius 3 is 2.33 bits per heavy atom. The quantitative estimate of drug-likeness (QED) is 0.782. The third-order valence-corrected chi connectivity index (χ3v) is 3.62. The number of hydrogen-bond donors (Lipinski definition) is 1. The molecule has 0 atom stereocenters. The van der Waals surface area contributed by atoms with E-state index in [4.69, 9.17) is 10.5 Å². The number of nitrogens with zero attached hydrogens (tertiary/aromatic N) is 1. The second-order valence-corrected chi connectivity index (χ2v) is 5.82. The Morgan fingerprint density at radius 1 is 1.24 bits per heavy atom. The fraction of sp³-hybridized carbons (Fsp3) is 0.588. The van der Waals surface area contributed by atoms with Crippen LogP contribution in [0.2, 0.25) is 0 Å². The summed E-state index contributed by atoms with van der Waals surface area (Å²) in [6.45, 7) is 9.25. The molecule has 0 heterocycles. The number of anilines is 1. The van der Waals surface area contributed by atoms with Crippen LogP contribution in [0.25, 0.3) is 0 Å². The van der Waals surface area contributed by atoms with E-state index >= 15 is 0 Å². The molecular weight excluding hydrogens is 264 g/mol. The van der Waals surface area contributed by atoms with Gasteiger partial charge >= 0.3 is 0 Å². The number of ether oxygens (including phenoxy) is 1. The van der Waals surface area contributed by atoms with Crippen molar-refractivity contribution in [1.29, 1.82) is 0 Å². The third kappa shape index (κ3) is 4.66. The van der Waals surface area contributed by atoms with Crippen molar-refractivity contribution in [2.45, 2.75) is 46.6 Å². The summed E-state index contributed by atoms with van der Waals surface area (Å²) in [6.07, 6.45) is 1.91. The maximum Gasteiger partial charge on any atom is 0.254 e. The minimum atomic E-state index is 0.0306. The normalized spacial score (nSPS) is 11.0. The number of nitrogens with two attached hydrogens (primary N) is 1. The van der Waals surface area contributed by atoms with E-state index in [0.717, 1.165) is 19.4 Å². The number of carbonyl (C=O) groups excluding carboxylic acids is 1. The van der Waals surface area contributed by atoms with E-state index in [1.165, 1.54) is 0 Å². The summed E-state index contributed by atoms with van der Waals surface area (Å²) in [7, 11) is 1.58. The van der Waals surface area contributed by atoms with Gasteiger partial charge in [-0.1, -0.05) is 27.7 Å². The number of hydrogen-bond acceptors (Lipinski definition) is 3. The Balaban J connectivity index is 3.12. The molecule has 1 aromatic rings. The van der Waals surface area contributed by atoms with Crippen LogP contribution in [-0.4, -0.2) is 30.5 Å². The van der Waals surface area contributed by atoms with Crippen molar-refractivity contribution in [3.05, 3.63) is 23.8 Å². The Kier molecular flexibility index (Phi) is 6.53. The van der Waals surface area contributed by atoms with Crippen LogP contribution >= 0.6 is 0 Å². The van der Waals surface area contributed by atoms with Crippen LogP contribution in [0.3, 0.4) is 0 Å². The highest BCUT2D eigenvalue weighted by atomic mass is 16.5. The van der Waals surface area contributed by atoms with E-state index in [1.807, 2.05) is 4.90 Å². The molecule has 4 heteroatoms. The highest BCUT2D eigenvalue weighted by Gasteiger charge is 2.23. The van der Waals surface area contributed by atoms with Gasteiger partial charge in [0.1, 0.15) is 5.75 Å². The molecule has 4 nitrogen and oxygen atoms in total. The molecule has 0 aromatic heterocycles. The van der Waals surface area contributed by atoms with Crippen LogP contribution < -0.4 is 10.5 Å². The zero-order valence-corrected chi connectivity index (χ0v) is 13.8. The summed E-state index contributed by atoms with van der Waals surface area (Å²) in [6, 6.07) is 5.46. The standard InChI is InChI=1S/C17H28N2O2/c1-6-15(7-2)19(11-12(3)4)17(20)13-8-14(18)10-16(9-13)21-5/h8-10,12,15H,6-7,11,18H2,1-5H3. The van der Waals surface area contributed by atoms with Gasteiger partial charge < -0.3 is 15.4 Å². The van der Waals surface area contributed by atoms with E-state index in [2.05, 4.69) is 27.7 Å². The Morgan fingerprint density at radius 2 is 1.86 bits per heavy atom. The topological polar surface area (TPSA) is 55.6 Å². The minimum Gasteiger partial charge on any atom is -0.497 e. The largest absolute Gasteiger partial charge is 0.497 e. The monoisotopic (exact) mass is 292 g/mol. The Hall–Kier alpha value is -1.71. The van der Waals surface area contributed by atoms with Crippen molar-refractivity contribution in [2.24, 2.45) is 5.92 Å². The molecule has 0 aliphatic carbocycles. The van der Waals surface area contributed by atoms with Crippen LogP contribution in [0.1, 0.15) is 50.9 Å². The van der Waals surface area contributed by atoms with Gasteiger partial charge in [0.25, 0.3) is 5.91 Å². The van der Waals surface area contributed by atoms with E-state index in [1.54, 1.807) is 25.3 Å². The Labute approximate surface area is 128 Å². The summed E-state index contributed by atoms with van der Waals surface area (Å²) in [5.41, 5.74) is 7.01. The average Bonchev–Trinajstić information content (AvgIpc) is 2.45. The molecule has 0 saturated carbocycles. The van der Waals surface area contributed by atoms with Crippen molar-refractivity contribution in [1.82, 2.24) is 4.90 Å². The average molecular weight is 292 g/mol. The van der Waals surface area contributed by atoms with Crippen molar-refractivity contribution in [2.75, 3.05) is 19.4 Å². The minimum absolute atomic E-state index is 0.0306. The second-order valence-electron chi connectivity index (χ2n) is 5.82.